The van der Waals surface area contributed by atoms with E-state index in [2.05, 4.69) is 33.6 Å². The summed E-state index contributed by atoms with van der Waals surface area (Å²) in [5, 5.41) is 8.13. The Labute approximate surface area is 256 Å². The first-order valence-corrected chi connectivity index (χ1v) is 14.7. The van der Waals surface area contributed by atoms with Gasteiger partial charge in [-0.05, 0) is 67.2 Å². The van der Waals surface area contributed by atoms with Crippen LogP contribution in [0.5, 0.6) is 0 Å². The average molecular weight is 597 g/mol. The quantitative estimate of drug-likeness (QED) is 0.282. The fraction of sp³-hybridized carbons (Fsp3) is 0.333. The Morgan fingerprint density at radius 3 is 2.73 bits per heavy atom. The molecule has 1 fully saturated rings. The molecule has 1 aromatic heterocycles. The number of aromatic nitrogens is 1. The number of rotatable bonds is 10. The molecule has 1 saturated heterocycles. The van der Waals surface area contributed by atoms with Crippen LogP contribution in [-0.2, 0) is 27.3 Å². The number of carbonyl (C=O) groups is 5. The van der Waals surface area contributed by atoms with Gasteiger partial charge in [0.25, 0.3) is 11.8 Å². The third-order valence-corrected chi connectivity index (χ3v) is 8.02. The highest BCUT2D eigenvalue weighted by Crippen LogP contribution is 2.28. The fourth-order valence-electron chi connectivity index (χ4n) is 5.61. The number of amides is 5. The largest absolute Gasteiger partial charge is 0.350 e. The summed E-state index contributed by atoms with van der Waals surface area (Å²) in [5.41, 5.74) is 4.40. The molecule has 0 spiro atoms. The van der Waals surface area contributed by atoms with Crippen LogP contribution in [-0.4, -0.2) is 71.6 Å². The van der Waals surface area contributed by atoms with Crippen LogP contribution >= 0.6 is 0 Å². The number of pyridine rings is 1. The lowest BCUT2D eigenvalue weighted by molar-refractivity contribution is -0.137. The zero-order chi connectivity index (χ0) is 31.2. The lowest BCUT2D eigenvalue weighted by Crippen LogP contribution is -2.52. The second-order valence-electron chi connectivity index (χ2n) is 11.2. The highest BCUT2D eigenvalue weighted by molar-refractivity contribution is 6.06. The molecule has 44 heavy (non-hydrogen) atoms. The molecule has 11 nitrogen and oxygen atoms in total. The van der Waals surface area contributed by atoms with Gasteiger partial charge in [-0.25, -0.2) is 4.98 Å². The molecule has 228 valence electrons. The molecule has 5 amide bonds. The highest BCUT2D eigenvalue weighted by Gasteiger charge is 2.39. The number of hydrogen-bond acceptors (Lipinski definition) is 7. The second-order valence-corrected chi connectivity index (χ2v) is 11.2. The molecule has 0 radical (unpaired) electrons. The molecular weight excluding hydrogens is 560 g/mol. The molecule has 1 unspecified atom stereocenters. The van der Waals surface area contributed by atoms with Gasteiger partial charge in [-0.2, -0.15) is 0 Å². The number of nitrogens with one attached hydrogen (secondary N) is 3. The Hall–Kier alpha value is -5.06. The predicted octanol–water partition coefficient (Wildman–Crippen LogP) is 2.20. The summed E-state index contributed by atoms with van der Waals surface area (Å²) in [6.07, 6.45) is 9.58. The van der Waals surface area contributed by atoms with Crippen molar-refractivity contribution >= 4 is 35.4 Å². The smallest absolute Gasteiger partial charge is 0.255 e. The third-order valence-electron chi connectivity index (χ3n) is 8.02. The van der Waals surface area contributed by atoms with Gasteiger partial charge in [0.1, 0.15) is 11.9 Å². The molecule has 2 aromatic rings. The van der Waals surface area contributed by atoms with Crippen molar-refractivity contribution in [3.05, 3.63) is 94.7 Å². The van der Waals surface area contributed by atoms with Crippen LogP contribution in [0.15, 0.2) is 72.5 Å². The molecule has 4 heterocycles. The van der Waals surface area contributed by atoms with E-state index < -0.39 is 11.9 Å². The maximum atomic E-state index is 12.9. The summed E-state index contributed by atoms with van der Waals surface area (Å²) in [7, 11) is 0. The summed E-state index contributed by atoms with van der Waals surface area (Å²) < 4.78 is 0. The van der Waals surface area contributed by atoms with Crippen LogP contribution in [0.4, 0.5) is 5.82 Å². The van der Waals surface area contributed by atoms with Gasteiger partial charge in [0.2, 0.25) is 17.7 Å². The van der Waals surface area contributed by atoms with E-state index in [0.29, 0.717) is 29.8 Å². The molecule has 0 aliphatic carbocycles. The van der Waals surface area contributed by atoms with E-state index in [-0.39, 0.29) is 49.6 Å². The predicted molar refractivity (Wildman–Crippen MR) is 165 cm³/mol. The minimum absolute atomic E-state index is 0.0968. The minimum atomic E-state index is -0.705. The number of allylic oxidation sites excluding steroid dienone is 2. The van der Waals surface area contributed by atoms with E-state index in [1.165, 1.54) is 4.90 Å². The molecular formula is C33H36N6O5. The van der Waals surface area contributed by atoms with Crippen LogP contribution in [0.1, 0.15) is 58.0 Å². The number of aryl methyl sites for hydroxylation is 1. The van der Waals surface area contributed by atoms with Crippen LogP contribution in [0.2, 0.25) is 0 Å². The van der Waals surface area contributed by atoms with Gasteiger partial charge in [-0.1, -0.05) is 36.4 Å². The lowest BCUT2D eigenvalue weighted by Gasteiger charge is -2.29. The first-order valence-electron chi connectivity index (χ1n) is 14.7. The van der Waals surface area contributed by atoms with E-state index in [4.69, 9.17) is 0 Å². The van der Waals surface area contributed by atoms with E-state index in [1.54, 1.807) is 30.5 Å². The summed E-state index contributed by atoms with van der Waals surface area (Å²) in [5.74, 6) is -0.608. The molecule has 3 N–H and O–H groups in total. The van der Waals surface area contributed by atoms with E-state index in [0.717, 1.165) is 41.9 Å². The van der Waals surface area contributed by atoms with Crippen molar-refractivity contribution in [1.29, 1.82) is 0 Å². The van der Waals surface area contributed by atoms with Gasteiger partial charge in [0, 0.05) is 49.9 Å². The van der Waals surface area contributed by atoms with Gasteiger partial charge < -0.3 is 20.4 Å². The first kappa shape index (κ1) is 30.4. The molecule has 3 aliphatic heterocycles. The number of hydrogen-bond donors (Lipinski definition) is 3. The van der Waals surface area contributed by atoms with Crippen LogP contribution in [0, 0.1) is 0 Å². The molecule has 1 atom stereocenters. The topological polar surface area (TPSA) is 141 Å². The molecule has 11 heteroatoms. The van der Waals surface area contributed by atoms with Gasteiger partial charge in [0.15, 0.2) is 0 Å². The van der Waals surface area contributed by atoms with Crippen molar-refractivity contribution in [2.24, 2.45) is 0 Å². The maximum absolute atomic E-state index is 12.9. The normalized spacial score (nSPS) is 18.4. The Kier molecular flexibility index (Phi) is 9.32. The molecule has 3 aliphatic rings. The van der Waals surface area contributed by atoms with E-state index in [1.807, 2.05) is 30.0 Å². The third kappa shape index (κ3) is 6.94. The van der Waals surface area contributed by atoms with Crippen molar-refractivity contribution in [1.82, 2.24) is 25.8 Å². The highest BCUT2D eigenvalue weighted by atomic mass is 16.2. The van der Waals surface area contributed by atoms with Gasteiger partial charge in [-0.3, -0.25) is 29.3 Å². The van der Waals surface area contributed by atoms with Crippen molar-refractivity contribution in [3.63, 3.8) is 0 Å². The Bertz CT molecular complexity index is 1580. The summed E-state index contributed by atoms with van der Waals surface area (Å²) in [4.78, 5) is 70.1. The maximum Gasteiger partial charge on any atom is 0.255 e. The first-order chi connectivity index (χ1) is 21.2. The number of carbonyl (C=O) groups excluding carboxylic acids is 5. The van der Waals surface area contributed by atoms with Crippen molar-refractivity contribution in [3.8, 4) is 0 Å². The second kappa shape index (κ2) is 13.5. The van der Waals surface area contributed by atoms with Crippen LogP contribution in [0.3, 0.4) is 0 Å². The Morgan fingerprint density at radius 1 is 1.09 bits per heavy atom. The average Bonchev–Trinajstić information content (AvgIpc) is 3.35. The molecule has 1 aromatic carbocycles. The van der Waals surface area contributed by atoms with Crippen molar-refractivity contribution in [2.75, 3.05) is 31.1 Å². The van der Waals surface area contributed by atoms with E-state index in [9.17, 15) is 24.0 Å². The number of benzene rings is 1. The minimum Gasteiger partial charge on any atom is -0.350 e. The van der Waals surface area contributed by atoms with Crippen molar-refractivity contribution < 1.29 is 24.0 Å². The SMILES string of the molecule is C=C/C(=C\C=C(/C)CNC(=O)c1ccc2c(c1)CN(C1CCC(=O)NC1=O)C2=O)CNC(=O)CN1CCCc2cccnc21. The van der Waals surface area contributed by atoms with Crippen molar-refractivity contribution in [2.45, 2.75) is 45.2 Å². The zero-order valence-electron chi connectivity index (χ0n) is 24.7. The number of nitrogens with zero attached hydrogens (tertiary/aromatic N) is 3. The van der Waals surface area contributed by atoms with Crippen LogP contribution < -0.4 is 20.9 Å². The summed E-state index contributed by atoms with van der Waals surface area (Å²) in [6, 6.07) is 8.13. The fourth-order valence-corrected chi connectivity index (χ4v) is 5.61. The Morgan fingerprint density at radius 2 is 1.93 bits per heavy atom. The number of anilines is 1. The monoisotopic (exact) mass is 596 g/mol. The van der Waals surface area contributed by atoms with Gasteiger partial charge >= 0.3 is 0 Å². The Balaban J connectivity index is 1.11. The van der Waals surface area contributed by atoms with Gasteiger partial charge in [-0.15, -0.1) is 0 Å². The number of piperidine rings is 1. The molecule has 5 rings (SSSR count). The summed E-state index contributed by atoms with van der Waals surface area (Å²) >= 11 is 0. The molecule has 0 bridgehead atoms. The molecule has 0 saturated carbocycles. The number of fused-ring (bicyclic) bond motifs is 2. The standard InChI is InChI=1S/C33H36N6O5/c1-3-22(18-35-29(41)20-38-15-5-7-23-6-4-14-34-30(23)38)9-8-21(2)17-36-31(42)24-10-11-26-25(16-24)19-39(33(26)44)27-12-13-28(40)37-32(27)43/h3-4,6,8-11,14,16,27H,1,5,7,12-13,15,17-20H2,2H3,(H,35,41)(H,36,42)(H,37,40,43)/b21-8+,22-9+. The zero-order valence-corrected chi connectivity index (χ0v) is 24.7. The van der Waals surface area contributed by atoms with Crippen LogP contribution in [0.25, 0.3) is 0 Å². The lowest BCUT2D eigenvalue weighted by atomic mass is 10.0. The summed E-state index contributed by atoms with van der Waals surface area (Å²) in [6.45, 7) is 7.59. The van der Waals surface area contributed by atoms with Gasteiger partial charge in [0.05, 0.1) is 6.54 Å². The number of imide groups is 1. The van der Waals surface area contributed by atoms with E-state index >= 15 is 0 Å².